The van der Waals surface area contributed by atoms with Gasteiger partial charge in [0.2, 0.25) is 0 Å². The van der Waals surface area contributed by atoms with Gasteiger partial charge in [-0.3, -0.25) is 4.90 Å². The second-order valence-electron chi connectivity index (χ2n) is 6.40. The van der Waals surface area contributed by atoms with E-state index in [9.17, 15) is 0 Å². The van der Waals surface area contributed by atoms with Gasteiger partial charge in [-0.2, -0.15) is 0 Å². The first-order valence-electron chi connectivity index (χ1n) is 7.85. The van der Waals surface area contributed by atoms with Crippen LogP contribution in [0.2, 0.25) is 0 Å². The summed E-state index contributed by atoms with van der Waals surface area (Å²) in [7, 11) is 0. The molecule has 2 aliphatic rings. The van der Waals surface area contributed by atoms with E-state index in [1.54, 1.807) is 0 Å². The molecule has 2 fully saturated rings. The lowest BCUT2D eigenvalue weighted by Gasteiger charge is -2.45. The highest BCUT2D eigenvalue weighted by molar-refractivity contribution is 4.90. The normalized spacial score (nSPS) is 24.2. The van der Waals surface area contributed by atoms with E-state index in [4.69, 9.17) is 10.8 Å². The van der Waals surface area contributed by atoms with Gasteiger partial charge in [-0.1, -0.05) is 25.7 Å². The van der Waals surface area contributed by atoms with Crippen molar-refractivity contribution in [2.24, 2.45) is 11.1 Å². The first-order chi connectivity index (χ1) is 8.79. The Bertz CT molecular complexity index is 235. The van der Waals surface area contributed by atoms with Gasteiger partial charge in [0.1, 0.15) is 0 Å². The molecule has 0 spiro atoms. The molecule has 0 amide bonds. The largest absolute Gasteiger partial charge is 0.396 e. The molecular weight excluding hydrogens is 224 g/mol. The molecule has 106 valence electrons. The van der Waals surface area contributed by atoms with Gasteiger partial charge in [-0.25, -0.2) is 0 Å². The minimum absolute atomic E-state index is 0.318. The van der Waals surface area contributed by atoms with Crippen LogP contribution in [0.15, 0.2) is 0 Å². The fraction of sp³-hybridized carbons (Fsp3) is 1.00. The molecule has 0 aromatic rings. The van der Waals surface area contributed by atoms with Crippen molar-refractivity contribution in [3.63, 3.8) is 0 Å². The Balaban J connectivity index is 1.91. The summed E-state index contributed by atoms with van der Waals surface area (Å²) in [6.45, 7) is 3.39. The number of rotatable bonds is 7. The van der Waals surface area contributed by atoms with Crippen molar-refractivity contribution < 1.29 is 5.11 Å². The molecule has 2 saturated carbocycles. The van der Waals surface area contributed by atoms with E-state index in [0.29, 0.717) is 12.0 Å². The third kappa shape index (κ3) is 3.46. The standard InChI is InChI=1S/C15H30N2O/c16-12-15(8-2-1-3-9-15)13-17(10-5-11-18)14-6-4-7-14/h14,18H,1-13,16H2. The fourth-order valence-electron chi connectivity index (χ4n) is 3.58. The van der Waals surface area contributed by atoms with Crippen molar-refractivity contribution in [2.45, 2.75) is 63.8 Å². The number of hydrogen-bond acceptors (Lipinski definition) is 3. The third-order valence-corrected chi connectivity index (χ3v) is 5.08. The summed E-state index contributed by atoms with van der Waals surface area (Å²) in [5, 5.41) is 9.06. The van der Waals surface area contributed by atoms with Crippen LogP contribution in [0.25, 0.3) is 0 Å². The molecule has 0 heterocycles. The zero-order valence-electron chi connectivity index (χ0n) is 11.7. The lowest BCUT2D eigenvalue weighted by molar-refractivity contribution is 0.0466. The van der Waals surface area contributed by atoms with Crippen LogP contribution < -0.4 is 5.73 Å². The maximum absolute atomic E-state index is 9.06. The van der Waals surface area contributed by atoms with Crippen LogP contribution in [0.5, 0.6) is 0 Å². The Kier molecular flexibility index (Phi) is 5.46. The average molecular weight is 254 g/mol. The number of nitrogens with zero attached hydrogens (tertiary/aromatic N) is 1. The second kappa shape index (κ2) is 6.88. The highest BCUT2D eigenvalue weighted by atomic mass is 16.3. The minimum atomic E-state index is 0.318. The van der Waals surface area contributed by atoms with Gasteiger partial charge in [0.05, 0.1) is 0 Å². The molecule has 3 nitrogen and oxygen atoms in total. The quantitative estimate of drug-likeness (QED) is 0.732. The van der Waals surface area contributed by atoms with E-state index >= 15 is 0 Å². The fourth-order valence-corrected chi connectivity index (χ4v) is 3.58. The SMILES string of the molecule is NCC1(CN(CCCO)C2CCC2)CCCCC1. The average Bonchev–Trinajstić information content (AvgIpc) is 2.35. The van der Waals surface area contributed by atoms with E-state index in [2.05, 4.69) is 4.90 Å². The molecule has 0 unspecified atom stereocenters. The summed E-state index contributed by atoms with van der Waals surface area (Å²) < 4.78 is 0. The smallest absolute Gasteiger partial charge is 0.0443 e. The lowest BCUT2D eigenvalue weighted by atomic mass is 9.73. The Morgan fingerprint density at radius 2 is 1.83 bits per heavy atom. The minimum Gasteiger partial charge on any atom is -0.396 e. The number of nitrogens with two attached hydrogens (primary N) is 1. The maximum Gasteiger partial charge on any atom is 0.0443 e. The highest BCUT2D eigenvalue weighted by Crippen LogP contribution is 2.38. The molecule has 3 heteroatoms. The summed E-state index contributed by atoms with van der Waals surface area (Å²) in [5.41, 5.74) is 6.48. The zero-order valence-corrected chi connectivity index (χ0v) is 11.7. The van der Waals surface area contributed by atoms with Gasteiger partial charge in [0, 0.05) is 25.7 Å². The zero-order chi connectivity index (χ0) is 12.8. The molecule has 0 bridgehead atoms. The molecule has 0 aliphatic heterocycles. The Labute approximate surface area is 112 Å². The van der Waals surface area contributed by atoms with E-state index in [0.717, 1.165) is 25.6 Å². The number of hydrogen-bond donors (Lipinski definition) is 2. The first kappa shape index (κ1) is 14.3. The van der Waals surface area contributed by atoms with Crippen molar-refractivity contribution in [3.05, 3.63) is 0 Å². The van der Waals surface area contributed by atoms with Crippen molar-refractivity contribution >= 4 is 0 Å². The number of aliphatic hydroxyl groups excluding tert-OH is 1. The predicted molar refractivity (Wildman–Crippen MR) is 75.5 cm³/mol. The van der Waals surface area contributed by atoms with Gasteiger partial charge < -0.3 is 10.8 Å². The van der Waals surface area contributed by atoms with E-state index < -0.39 is 0 Å². The highest BCUT2D eigenvalue weighted by Gasteiger charge is 2.35. The van der Waals surface area contributed by atoms with Crippen LogP contribution in [0.1, 0.15) is 57.8 Å². The summed E-state index contributed by atoms with van der Waals surface area (Å²) in [4.78, 5) is 2.64. The van der Waals surface area contributed by atoms with Crippen molar-refractivity contribution in [1.82, 2.24) is 4.90 Å². The molecular formula is C15H30N2O. The van der Waals surface area contributed by atoms with Gasteiger partial charge in [0.15, 0.2) is 0 Å². The lowest BCUT2D eigenvalue weighted by Crippen LogP contribution is -2.50. The van der Waals surface area contributed by atoms with E-state index in [-0.39, 0.29) is 0 Å². The topological polar surface area (TPSA) is 49.5 Å². The summed E-state index contributed by atoms with van der Waals surface area (Å²) >= 11 is 0. The molecule has 2 rings (SSSR count). The molecule has 18 heavy (non-hydrogen) atoms. The maximum atomic E-state index is 9.06. The van der Waals surface area contributed by atoms with Crippen LogP contribution in [0, 0.1) is 5.41 Å². The summed E-state index contributed by atoms with van der Waals surface area (Å²) in [5.74, 6) is 0. The molecule has 2 aliphatic carbocycles. The molecule has 0 radical (unpaired) electrons. The molecule has 0 saturated heterocycles. The van der Waals surface area contributed by atoms with Crippen molar-refractivity contribution in [1.29, 1.82) is 0 Å². The van der Waals surface area contributed by atoms with Crippen LogP contribution in [-0.2, 0) is 0 Å². The van der Waals surface area contributed by atoms with Crippen LogP contribution in [0.4, 0.5) is 0 Å². The first-order valence-corrected chi connectivity index (χ1v) is 7.85. The Morgan fingerprint density at radius 1 is 1.11 bits per heavy atom. The van der Waals surface area contributed by atoms with E-state index in [1.807, 2.05) is 0 Å². The molecule has 3 N–H and O–H groups in total. The van der Waals surface area contributed by atoms with Gasteiger partial charge in [-0.05, 0) is 44.1 Å². The van der Waals surface area contributed by atoms with Crippen LogP contribution >= 0.6 is 0 Å². The second-order valence-corrected chi connectivity index (χ2v) is 6.40. The monoisotopic (exact) mass is 254 g/mol. The van der Waals surface area contributed by atoms with E-state index in [1.165, 1.54) is 57.9 Å². The summed E-state index contributed by atoms with van der Waals surface area (Å²) in [6.07, 6.45) is 11.7. The third-order valence-electron chi connectivity index (χ3n) is 5.08. The van der Waals surface area contributed by atoms with Gasteiger partial charge >= 0.3 is 0 Å². The molecule has 0 atom stereocenters. The Hall–Kier alpha value is -0.120. The van der Waals surface area contributed by atoms with Crippen molar-refractivity contribution in [2.75, 3.05) is 26.2 Å². The Morgan fingerprint density at radius 3 is 2.33 bits per heavy atom. The van der Waals surface area contributed by atoms with Gasteiger partial charge in [-0.15, -0.1) is 0 Å². The van der Waals surface area contributed by atoms with Crippen LogP contribution in [0.3, 0.4) is 0 Å². The summed E-state index contributed by atoms with van der Waals surface area (Å²) in [6, 6.07) is 0.780. The molecule has 0 aromatic carbocycles. The molecule has 0 aromatic heterocycles. The van der Waals surface area contributed by atoms with Crippen LogP contribution in [-0.4, -0.2) is 42.3 Å². The number of aliphatic hydroxyl groups is 1. The predicted octanol–water partition coefficient (Wildman–Crippen LogP) is 2.13. The van der Waals surface area contributed by atoms with Gasteiger partial charge in [0.25, 0.3) is 0 Å². The van der Waals surface area contributed by atoms with Crippen molar-refractivity contribution in [3.8, 4) is 0 Å².